The Balaban J connectivity index is 0.00000176. The van der Waals surface area contributed by atoms with Gasteiger partial charge in [-0.1, -0.05) is 41.2 Å². The maximum Gasteiger partial charge on any atom is 0.326 e. The van der Waals surface area contributed by atoms with E-state index in [0.29, 0.717) is 41.3 Å². The molecule has 1 aliphatic rings. The molecule has 2 aromatic heterocycles. The fourth-order valence-corrected chi connectivity index (χ4v) is 3.84. The second kappa shape index (κ2) is 11.4. The van der Waals surface area contributed by atoms with Crippen LogP contribution in [0.15, 0.2) is 53.8 Å². The van der Waals surface area contributed by atoms with E-state index in [1.54, 1.807) is 29.0 Å². The number of aromatic nitrogens is 3. The molecular weight excluding hydrogens is 476 g/mol. The van der Waals surface area contributed by atoms with Gasteiger partial charge in [0.15, 0.2) is 11.6 Å². The Morgan fingerprint density at radius 2 is 2.00 bits per heavy atom. The first-order chi connectivity index (χ1) is 17.1. The molecule has 3 N–H and O–H groups in total. The molecule has 3 heterocycles. The van der Waals surface area contributed by atoms with Gasteiger partial charge in [0.2, 0.25) is 11.7 Å². The van der Waals surface area contributed by atoms with Gasteiger partial charge in [0.1, 0.15) is 12.4 Å². The lowest BCUT2D eigenvalue weighted by Crippen LogP contribution is -2.22. The van der Waals surface area contributed by atoms with Crippen molar-refractivity contribution in [2.24, 2.45) is 7.05 Å². The molecule has 0 atom stereocenters. The van der Waals surface area contributed by atoms with Crippen LogP contribution >= 0.6 is 11.8 Å². The lowest BCUT2D eigenvalue weighted by Gasteiger charge is -2.22. The summed E-state index contributed by atoms with van der Waals surface area (Å²) in [5.41, 5.74) is 2.18. The zero-order chi connectivity index (χ0) is 26.5. The van der Waals surface area contributed by atoms with E-state index in [0.717, 1.165) is 16.3 Å². The Bertz CT molecular complexity index is 1250. The van der Waals surface area contributed by atoms with Gasteiger partial charge in [-0.15, -0.1) is 11.8 Å². The molecule has 3 aromatic rings. The molecule has 0 saturated carbocycles. The Morgan fingerprint density at radius 1 is 1.25 bits per heavy atom. The smallest absolute Gasteiger partial charge is 0.326 e. The topological polar surface area (TPSA) is 102 Å². The number of benzene rings is 1. The van der Waals surface area contributed by atoms with E-state index in [-0.39, 0.29) is 11.4 Å². The number of pyridine rings is 1. The van der Waals surface area contributed by atoms with Gasteiger partial charge in [0.05, 0.1) is 11.4 Å². The Morgan fingerprint density at radius 3 is 2.67 bits per heavy atom. The highest BCUT2D eigenvalue weighted by atomic mass is 32.2. The monoisotopic (exact) mass is 510 g/mol. The van der Waals surface area contributed by atoms with E-state index in [9.17, 15) is 4.79 Å². The molecule has 1 aromatic carbocycles. The summed E-state index contributed by atoms with van der Waals surface area (Å²) in [6, 6.07) is 6.82. The van der Waals surface area contributed by atoms with E-state index in [1.807, 2.05) is 39.4 Å². The van der Waals surface area contributed by atoms with E-state index in [1.165, 1.54) is 11.8 Å². The van der Waals surface area contributed by atoms with Gasteiger partial charge >= 0.3 is 6.03 Å². The number of anilines is 3. The first kappa shape index (κ1) is 26.9. The van der Waals surface area contributed by atoms with Crippen molar-refractivity contribution in [3.05, 3.63) is 54.6 Å². The SMILES string of the molecule is C=C1COc2c(Oc3ccc(NC(=O)Nc4nc(C(C)(C)C)cn4C)c(SC)c3)ccnc2N1.CC. The maximum atomic E-state index is 12.7. The van der Waals surface area contributed by atoms with Crippen molar-refractivity contribution in [3.8, 4) is 17.2 Å². The summed E-state index contributed by atoms with van der Waals surface area (Å²) >= 11 is 1.50. The third kappa shape index (κ3) is 6.31. The van der Waals surface area contributed by atoms with Crippen molar-refractivity contribution in [1.29, 1.82) is 0 Å². The van der Waals surface area contributed by atoms with Crippen LogP contribution in [0.2, 0.25) is 0 Å². The number of carbonyl (C=O) groups is 1. The molecule has 0 saturated heterocycles. The minimum absolute atomic E-state index is 0.112. The highest BCUT2D eigenvalue weighted by Crippen LogP contribution is 2.40. The number of nitrogens with zero attached hydrogens (tertiary/aromatic N) is 3. The number of urea groups is 1. The molecule has 0 radical (unpaired) electrons. The summed E-state index contributed by atoms with van der Waals surface area (Å²) in [4.78, 5) is 22.3. The van der Waals surface area contributed by atoms with Crippen molar-refractivity contribution in [2.75, 3.05) is 28.8 Å². The number of nitrogens with one attached hydrogen (secondary N) is 3. The molecule has 9 nitrogen and oxygen atoms in total. The number of aryl methyl sites for hydroxylation is 1. The van der Waals surface area contributed by atoms with Crippen LogP contribution in [-0.4, -0.2) is 33.4 Å². The predicted molar refractivity (Wildman–Crippen MR) is 147 cm³/mol. The van der Waals surface area contributed by atoms with Crippen LogP contribution in [0.5, 0.6) is 17.2 Å². The third-order valence-electron chi connectivity index (χ3n) is 5.07. The molecule has 2 amide bonds. The zero-order valence-electron chi connectivity index (χ0n) is 21.9. The number of amides is 2. The first-order valence-corrected chi connectivity index (χ1v) is 12.9. The molecule has 1 aliphatic heterocycles. The largest absolute Gasteiger partial charge is 0.480 e. The number of rotatable bonds is 5. The van der Waals surface area contributed by atoms with Crippen molar-refractivity contribution in [1.82, 2.24) is 14.5 Å². The quantitative estimate of drug-likeness (QED) is 0.332. The third-order valence-corrected chi connectivity index (χ3v) is 5.85. The van der Waals surface area contributed by atoms with Gasteiger partial charge in [-0.25, -0.2) is 14.8 Å². The Labute approximate surface area is 216 Å². The molecule has 36 heavy (non-hydrogen) atoms. The summed E-state index contributed by atoms with van der Waals surface area (Å²) in [6.45, 7) is 14.4. The number of hydrogen-bond acceptors (Lipinski definition) is 7. The van der Waals surface area contributed by atoms with Gasteiger partial charge in [-0.05, 0) is 24.5 Å². The van der Waals surface area contributed by atoms with Crippen LogP contribution in [0.4, 0.5) is 22.2 Å². The summed E-state index contributed by atoms with van der Waals surface area (Å²) in [5.74, 6) is 2.73. The second-order valence-corrected chi connectivity index (χ2v) is 9.71. The van der Waals surface area contributed by atoms with Gasteiger partial charge in [0.25, 0.3) is 0 Å². The molecule has 0 unspecified atom stereocenters. The first-order valence-electron chi connectivity index (χ1n) is 11.7. The number of imidazole rings is 1. The van der Waals surface area contributed by atoms with Crippen LogP contribution in [0.1, 0.15) is 40.3 Å². The number of ether oxygens (including phenoxy) is 2. The highest BCUT2D eigenvalue weighted by Gasteiger charge is 2.21. The van der Waals surface area contributed by atoms with Crippen molar-refractivity contribution < 1.29 is 14.3 Å². The van der Waals surface area contributed by atoms with E-state index < -0.39 is 0 Å². The lowest BCUT2D eigenvalue weighted by atomic mass is 9.93. The molecule has 4 rings (SSSR count). The predicted octanol–water partition coefficient (Wildman–Crippen LogP) is 6.62. The fourth-order valence-electron chi connectivity index (χ4n) is 3.27. The molecule has 0 bridgehead atoms. The Kier molecular flexibility index (Phi) is 8.52. The normalized spacial score (nSPS) is 12.4. The molecule has 10 heteroatoms. The van der Waals surface area contributed by atoms with Gasteiger partial charge in [0, 0.05) is 41.5 Å². The van der Waals surface area contributed by atoms with Crippen molar-refractivity contribution >= 4 is 35.2 Å². The van der Waals surface area contributed by atoms with E-state index >= 15 is 0 Å². The van der Waals surface area contributed by atoms with Crippen molar-refractivity contribution in [2.45, 2.75) is 44.9 Å². The lowest BCUT2D eigenvalue weighted by molar-refractivity contribution is 0.262. The maximum absolute atomic E-state index is 12.7. The standard InChI is InChI=1S/C24H28N6O3S.C2H6/c1-14-13-32-20-17(9-10-25-21(20)26-14)33-15-7-8-16(18(11-15)34-6)27-23(31)29-22-28-19(12-30(22)5)24(2,3)4;1-2/h7-12H,1,13H2,2-6H3,(H,25,26)(H2,27,28,29,31);1-2H3. The van der Waals surface area contributed by atoms with Gasteiger partial charge in [-0.3, -0.25) is 5.32 Å². The van der Waals surface area contributed by atoms with Crippen molar-refractivity contribution in [3.63, 3.8) is 0 Å². The second-order valence-electron chi connectivity index (χ2n) is 8.86. The van der Waals surface area contributed by atoms with Gasteiger partial charge < -0.3 is 24.7 Å². The van der Waals surface area contributed by atoms with Crippen LogP contribution in [-0.2, 0) is 12.5 Å². The molecule has 0 spiro atoms. The number of fused-ring (bicyclic) bond motifs is 1. The average molecular weight is 511 g/mol. The number of hydrogen-bond donors (Lipinski definition) is 3. The summed E-state index contributed by atoms with van der Waals surface area (Å²) in [7, 11) is 1.85. The number of thioether (sulfide) groups is 1. The molecule has 0 aliphatic carbocycles. The van der Waals surface area contributed by atoms with Crippen LogP contribution in [0.3, 0.4) is 0 Å². The summed E-state index contributed by atoms with van der Waals surface area (Å²) < 4.78 is 13.6. The summed E-state index contributed by atoms with van der Waals surface area (Å²) in [5, 5.41) is 8.81. The highest BCUT2D eigenvalue weighted by molar-refractivity contribution is 7.98. The summed E-state index contributed by atoms with van der Waals surface area (Å²) in [6.07, 6.45) is 5.49. The minimum atomic E-state index is -0.374. The van der Waals surface area contributed by atoms with Crippen LogP contribution in [0, 0.1) is 0 Å². The number of carbonyl (C=O) groups excluding carboxylic acids is 1. The molecule has 0 fully saturated rings. The minimum Gasteiger partial charge on any atom is -0.480 e. The zero-order valence-corrected chi connectivity index (χ0v) is 22.7. The van der Waals surface area contributed by atoms with Crippen LogP contribution < -0.4 is 25.4 Å². The van der Waals surface area contributed by atoms with Gasteiger partial charge in [-0.2, -0.15) is 0 Å². The molecule has 192 valence electrons. The van der Waals surface area contributed by atoms with E-state index in [2.05, 4.69) is 53.3 Å². The average Bonchev–Trinajstić information content (AvgIpc) is 3.21. The molecular formula is C26H34N6O3S. The fraction of sp³-hybridized carbons (Fsp3) is 0.346. The Hall–Kier alpha value is -3.66. The van der Waals surface area contributed by atoms with E-state index in [4.69, 9.17) is 9.47 Å². The van der Waals surface area contributed by atoms with Crippen LogP contribution in [0.25, 0.3) is 0 Å².